The average molecular weight is 338 g/mol. The second-order valence-corrected chi connectivity index (χ2v) is 6.24. The molecule has 0 N–H and O–H groups in total. The van der Waals surface area contributed by atoms with Gasteiger partial charge in [0, 0.05) is 22.9 Å². The van der Waals surface area contributed by atoms with Crippen LogP contribution in [0.1, 0.15) is 42.8 Å². The number of aromatic nitrogens is 2. The first-order valence-electron chi connectivity index (χ1n) is 8.66. The zero-order valence-corrected chi connectivity index (χ0v) is 15.7. The summed E-state index contributed by atoms with van der Waals surface area (Å²) in [7, 11) is 0. The maximum Gasteiger partial charge on any atom is 0.253 e. The molecule has 0 unspecified atom stereocenters. The molecule has 0 bridgehead atoms. The van der Waals surface area contributed by atoms with E-state index in [0.29, 0.717) is 12.1 Å². The number of benzene rings is 1. The number of aryl methyl sites for hydroxylation is 3. The van der Waals surface area contributed by atoms with Gasteiger partial charge in [0.15, 0.2) is 0 Å². The van der Waals surface area contributed by atoms with E-state index in [1.54, 1.807) is 4.57 Å². The summed E-state index contributed by atoms with van der Waals surface area (Å²) in [5.41, 5.74) is 4.60. The minimum Gasteiger partial charge on any atom is -0.361 e. The van der Waals surface area contributed by atoms with Gasteiger partial charge in [0.25, 0.3) is 5.56 Å². The molecule has 0 fully saturated rings. The van der Waals surface area contributed by atoms with E-state index >= 15 is 0 Å². The van der Waals surface area contributed by atoms with Gasteiger partial charge in [0.05, 0.1) is 12.2 Å². The number of rotatable bonds is 3. The summed E-state index contributed by atoms with van der Waals surface area (Å²) in [6, 6.07) is 11.9. The minimum atomic E-state index is 0.0272. The summed E-state index contributed by atoms with van der Waals surface area (Å²) >= 11 is 0. The van der Waals surface area contributed by atoms with Crippen molar-refractivity contribution in [1.82, 2.24) is 9.72 Å². The van der Waals surface area contributed by atoms with Gasteiger partial charge >= 0.3 is 0 Å². The molecule has 25 heavy (non-hydrogen) atoms. The Morgan fingerprint density at radius 1 is 1.08 bits per heavy atom. The van der Waals surface area contributed by atoms with Crippen molar-refractivity contribution in [1.29, 1.82) is 0 Å². The molecule has 0 saturated heterocycles. The van der Waals surface area contributed by atoms with Crippen LogP contribution in [0.4, 0.5) is 0 Å². The zero-order valence-electron chi connectivity index (χ0n) is 15.7. The molecule has 3 rings (SSSR count). The summed E-state index contributed by atoms with van der Waals surface area (Å²) < 4.78 is 6.98. The van der Waals surface area contributed by atoms with Gasteiger partial charge in [-0.2, -0.15) is 0 Å². The molecule has 3 aromatic rings. The highest BCUT2D eigenvalue weighted by molar-refractivity contribution is 5.67. The van der Waals surface area contributed by atoms with Gasteiger partial charge in [-0.15, -0.1) is 0 Å². The summed E-state index contributed by atoms with van der Waals surface area (Å²) in [5, 5.41) is 4.00. The Balaban J connectivity index is 0.000000701. The van der Waals surface area contributed by atoms with E-state index in [-0.39, 0.29) is 5.56 Å². The van der Waals surface area contributed by atoms with E-state index in [9.17, 15) is 4.79 Å². The SMILES string of the molecule is CCC.Cc1noc(C)c1-c1cc(C)c(=O)n(Cc2ccccc2)c1. The van der Waals surface area contributed by atoms with Crippen LogP contribution in [-0.4, -0.2) is 9.72 Å². The highest BCUT2D eigenvalue weighted by Gasteiger charge is 2.14. The third-order valence-corrected chi connectivity index (χ3v) is 3.78. The van der Waals surface area contributed by atoms with Crippen molar-refractivity contribution >= 4 is 0 Å². The quantitative estimate of drug-likeness (QED) is 0.683. The van der Waals surface area contributed by atoms with Gasteiger partial charge in [-0.1, -0.05) is 55.8 Å². The molecule has 4 nitrogen and oxygen atoms in total. The first kappa shape index (κ1) is 18.7. The van der Waals surface area contributed by atoms with Gasteiger partial charge < -0.3 is 9.09 Å². The molecular formula is C21H26N2O2. The Labute approximate surface area is 149 Å². The van der Waals surface area contributed by atoms with E-state index < -0.39 is 0 Å². The lowest BCUT2D eigenvalue weighted by atomic mass is 10.0. The summed E-state index contributed by atoms with van der Waals surface area (Å²) in [6.07, 6.45) is 3.13. The highest BCUT2D eigenvalue weighted by Crippen LogP contribution is 2.26. The lowest BCUT2D eigenvalue weighted by molar-refractivity contribution is 0.393. The van der Waals surface area contributed by atoms with Crippen LogP contribution in [-0.2, 0) is 6.54 Å². The van der Waals surface area contributed by atoms with Crippen molar-refractivity contribution in [2.45, 2.75) is 47.6 Å². The van der Waals surface area contributed by atoms with Crippen LogP contribution in [0.5, 0.6) is 0 Å². The molecule has 0 aliphatic heterocycles. The Morgan fingerprint density at radius 2 is 1.72 bits per heavy atom. The fraction of sp³-hybridized carbons (Fsp3) is 0.333. The average Bonchev–Trinajstić information content (AvgIpc) is 2.92. The molecule has 0 aliphatic rings. The normalized spacial score (nSPS) is 10.3. The second-order valence-electron chi connectivity index (χ2n) is 6.24. The van der Waals surface area contributed by atoms with Crippen LogP contribution in [0, 0.1) is 20.8 Å². The van der Waals surface area contributed by atoms with Crippen LogP contribution in [0.25, 0.3) is 11.1 Å². The standard InChI is InChI=1S/C18H18N2O2.C3H8/c1-12-9-16(17-13(2)19-22-14(17)3)11-20(18(12)21)10-15-7-5-4-6-8-15;1-3-2/h4-9,11H,10H2,1-3H3;3H2,1-2H3. The van der Waals surface area contributed by atoms with E-state index in [1.165, 1.54) is 6.42 Å². The van der Waals surface area contributed by atoms with Crippen molar-refractivity contribution in [3.8, 4) is 11.1 Å². The van der Waals surface area contributed by atoms with E-state index in [0.717, 1.165) is 28.1 Å². The Kier molecular flexibility index (Phi) is 6.34. The van der Waals surface area contributed by atoms with Crippen LogP contribution < -0.4 is 5.56 Å². The summed E-state index contributed by atoms with van der Waals surface area (Å²) in [4.78, 5) is 12.4. The predicted octanol–water partition coefficient (Wildman–Crippen LogP) is 4.89. The van der Waals surface area contributed by atoms with Gasteiger partial charge in [-0.25, -0.2) is 0 Å². The monoisotopic (exact) mass is 338 g/mol. The van der Waals surface area contributed by atoms with E-state index in [2.05, 4.69) is 19.0 Å². The van der Waals surface area contributed by atoms with Gasteiger partial charge in [0.1, 0.15) is 5.76 Å². The predicted molar refractivity (Wildman–Crippen MR) is 102 cm³/mol. The fourth-order valence-electron chi connectivity index (χ4n) is 2.71. The number of hydrogen-bond donors (Lipinski definition) is 0. The smallest absolute Gasteiger partial charge is 0.253 e. The lowest BCUT2D eigenvalue weighted by Crippen LogP contribution is -2.22. The Morgan fingerprint density at radius 3 is 2.28 bits per heavy atom. The number of nitrogens with zero attached hydrogens (tertiary/aromatic N) is 2. The first-order valence-corrected chi connectivity index (χ1v) is 8.66. The highest BCUT2D eigenvalue weighted by atomic mass is 16.5. The third kappa shape index (κ3) is 4.47. The van der Waals surface area contributed by atoms with Crippen molar-refractivity contribution in [3.63, 3.8) is 0 Å². The molecule has 0 amide bonds. The molecule has 0 spiro atoms. The summed E-state index contributed by atoms with van der Waals surface area (Å²) in [5.74, 6) is 0.766. The molecule has 2 aromatic heterocycles. The zero-order chi connectivity index (χ0) is 18.4. The largest absolute Gasteiger partial charge is 0.361 e. The molecule has 4 heteroatoms. The van der Waals surface area contributed by atoms with Crippen molar-refractivity contribution in [3.05, 3.63) is 75.5 Å². The Bertz CT molecular complexity index is 857. The van der Waals surface area contributed by atoms with E-state index in [1.807, 2.05) is 63.4 Å². The second kappa shape index (κ2) is 8.47. The fourth-order valence-corrected chi connectivity index (χ4v) is 2.71. The molecule has 2 heterocycles. The van der Waals surface area contributed by atoms with Gasteiger partial charge in [-0.05, 0) is 32.4 Å². The van der Waals surface area contributed by atoms with E-state index in [4.69, 9.17) is 4.52 Å². The van der Waals surface area contributed by atoms with Crippen LogP contribution in [0.3, 0.4) is 0 Å². The van der Waals surface area contributed by atoms with Crippen molar-refractivity contribution in [2.24, 2.45) is 0 Å². The molecule has 0 atom stereocenters. The number of hydrogen-bond acceptors (Lipinski definition) is 3. The van der Waals surface area contributed by atoms with Crippen molar-refractivity contribution < 1.29 is 4.52 Å². The topological polar surface area (TPSA) is 48.0 Å². The molecule has 132 valence electrons. The summed E-state index contributed by atoms with van der Waals surface area (Å²) in [6.45, 7) is 10.4. The lowest BCUT2D eigenvalue weighted by Gasteiger charge is -2.10. The minimum absolute atomic E-state index is 0.0272. The molecule has 1 aromatic carbocycles. The molecular weight excluding hydrogens is 312 g/mol. The van der Waals surface area contributed by atoms with Gasteiger partial charge in [-0.3, -0.25) is 4.79 Å². The van der Waals surface area contributed by atoms with Gasteiger partial charge in [0.2, 0.25) is 0 Å². The molecule has 0 aliphatic carbocycles. The van der Waals surface area contributed by atoms with Crippen molar-refractivity contribution in [2.75, 3.05) is 0 Å². The molecule has 0 radical (unpaired) electrons. The number of pyridine rings is 1. The maximum absolute atomic E-state index is 12.4. The Hall–Kier alpha value is -2.62. The maximum atomic E-state index is 12.4. The van der Waals surface area contributed by atoms with Crippen LogP contribution in [0.2, 0.25) is 0 Å². The first-order chi connectivity index (χ1) is 12.0. The third-order valence-electron chi connectivity index (χ3n) is 3.78. The van der Waals surface area contributed by atoms with Crippen LogP contribution >= 0.6 is 0 Å². The van der Waals surface area contributed by atoms with Crippen LogP contribution in [0.15, 0.2) is 51.9 Å². The molecule has 0 saturated carbocycles.